The van der Waals surface area contributed by atoms with E-state index in [1.54, 1.807) is 16.0 Å². The van der Waals surface area contributed by atoms with Gasteiger partial charge in [-0.15, -0.1) is 28.8 Å². The number of thiophene rings is 1. The van der Waals surface area contributed by atoms with Crippen LogP contribution in [0.3, 0.4) is 0 Å². The molecule has 1 amide bonds. The summed E-state index contributed by atoms with van der Waals surface area (Å²) in [6, 6.07) is 14.1. The fourth-order valence-electron chi connectivity index (χ4n) is 3.20. The molecule has 2 aromatic heterocycles. The number of nitrogens with one attached hydrogen (secondary N) is 2. The van der Waals surface area contributed by atoms with E-state index in [0.29, 0.717) is 5.82 Å². The van der Waals surface area contributed by atoms with E-state index in [0.717, 1.165) is 30.0 Å². The van der Waals surface area contributed by atoms with Crippen LogP contribution in [0.4, 0.5) is 0 Å². The normalized spacial score (nSPS) is 19.3. The smallest absolute Gasteiger partial charge is 0.291 e. The van der Waals surface area contributed by atoms with Crippen molar-refractivity contribution in [3.05, 3.63) is 53.7 Å². The zero-order valence-corrected chi connectivity index (χ0v) is 16.6. The van der Waals surface area contributed by atoms with Gasteiger partial charge in [-0.3, -0.25) is 4.79 Å². The summed E-state index contributed by atoms with van der Waals surface area (Å²) < 4.78 is 1.74. The number of halogens is 1. The Morgan fingerprint density at radius 1 is 1.26 bits per heavy atom. The molecule has 8 heteroatoms. The maximum absolute atomic E-state index is 12.8. The second kappa shape index (κ2) is 8.65. The van der Waals surface area contributed by atoms with E-state index < -0.39 is 0 Å². The van der Waals surface area contributed by atoms with Gasteiger partial charge in [0.15, 0.2) is 5.82 Å². The van der Waals surface area contributed by atoms with Crippen molar-refractivity contribution in [1.29, 1.82) is 0 Å². The Kier molecular flexibility index (Phi) is 6.26. The second-order valence-electron chi connectivity index (χ2n) is 6.45. The van der Waals surface area contributed by atoms with E-state index in [-0.39, 0.29) is 36.2 Å². The van der Waals surface area contributed by atoms with Crippen LogP contribution in [0, 0.1) is 0 Å². The molecule has 2 unspecified atom stereocenters. The molecule has 142 valence electrons. The van der Waals surface area contributed by atoms with Gasteiger partial charge in [0.25, 0.3) is 5.91 Å². The molecule has 27 heavy (non-hydrogen) atoms. The number of carbonyl (C=O) groups is 1. The van der Waals surface area contributed by atoms with Gasteiger partial charge in [0, 0.05) is 12.1 Å². The Hall–Kier alpha value is -2.22. The van der Waals surface area contributed by atoms with Crippen molar-refractivity contribution < 1.29 is 4.79 Å². The van der Waals surface area contributed by atoms with Gasteiger partial charge in [-0.25, -0.2) is 9.67 Å². The standard InChI is InChI=1S/C19H21N5OS.ClH/c1-13-15(9-5-11-20-13)21-19(25)17-22-18(16-10-6-12-26-16)24(23-17)14-7-3-2-4-8-14;/h2-4,6-8,10,12-13,15,20H,5,9,11H2,1H3,(H,21,25);1H. The first-order valence-electron chi connectivity index (χ1n) is 8.83. The molecule has 0 bridgehead atoms. The molecule has 1 saturated heterocycles. The molecule has 1 aromatic carbocycles. The molecule has 4 rings (SSSR count). The van der Waals surface area contributed by atoms with Crippen LogP contribution in [0.15, 0.2) is 47.8 Å². The Balaban J connectivity index is 0.00000210. The highest BCUT2D eigenvalue weighted by Gasteiger charge is 2.26. The van der Waals surface area contributed by atoms with Crippen molar-refractivity contribution in [2.24, 2.45) is 0 Å². The highest BCUT2D eigenvalue weighted by atomic mass is 35.5. The molecule has 2 atom stereocenters. The van der Waals surface area contributed by atoms with Crippen LogP contribution in [0.5, 0.6) is 0 Å². The first-order valence-corrected chi connectivity index (χ1v) is 9.71. The zero-order valence-electron chi connectivity index (χ0n) is 15.0. The molecule has 0 spiro atoms. The van der Waals surface area contributed by atoms with Gasteiger partial charge in [0.2, 0.25) is 5.82 Å². The van der Waals surface area contributed by atoms with Crippen LogP contribution in [0.25, 0.3) is 16.4 Å². The van der Waals surface area contributed by atoms with Gasteiger partial charge >= 0.3 is 0 Å². The number of nitrogens with zero attached hydrogens (tertiary/aromatic N) is 3. The Morgan fingerprint density at radius 3 is 2.78 bits per heavy atom. The molecule has 1 aliphatic rings. The lowest BCUT2D eigenvalue weighted by molar-refractivity contribution is 0.0909. The fraction of sp³-hybridized carbons (Fsp3) is 0.316. The Labute approximate surface area is 168 Å². The summed E-state index contributed by atoms with van der Waals surface area (Å²) >= 11 is 1.58. The molecule has 2 N–H and O–H groups in total. The van der Waals surface area contributed by atoms with Crippen LogP contribution >= 0.6 is 23.7 Å². The van der Waals surface area contributed by atoms with E-state index in [1.165, 1.54) is 0 Å². The third kappa shape index (κ3) is 4.21. The first-order chi connectivity index (χ1) is 12.7. The summed E-state index contributed by atoms with van der Waals surface area (Å²) in [6.45, 7) is 3.09. The number of aromatic nitrogens is 3. The number of carbonyl (C=O) groups excluding carboxylic acids is 1. The number of para-hydroxylation sites is 1. The molecule has 0 aliphatic carbocycles. The Morgan fingerprint density at radius 2 is 2.07 bits per heavy atom. The lowest BCUT2D eigenvalue weighted by Crippen LogP contribution is -2.52. The van der Waals surface area contributed by atoms with Gasteiger partial charge < -0.3 is 10.6 Å². The highest BCUT2D eigenvalue weighted by molar-refractivity contribution is 7.13. The summed E-state index contributed by atoms with van der Waals surface area (Å²) in [6.07, 6.45) is 2.03. The molecule has 0 radical (unpaired) electrons. The number of amides is 1. The minimum atomic E-state index is -0.224. The van der Waals surface area contributed by atoms with Gasteiger partial charge in [-0.05, 0) is 49.9 Å². The lowest BCUT2D eigenvalue weighted by atomic mass is 10.00. The number of piperidine rings is 1. The topological polar surface area (TPSA) is 71.8 Å². The van der Waals surface area contributed by atoms with Crippen molar-refractivity contribution in [3.63, 3.8) is 0 Å². The van der Waals surface area contributed by atoms with Crippen molar-refractivity contribution in [2.45, 2.75) is 31.8 Å². The fourth-order valence-corrected chi connectivity index (χ4v) is 3.90. The van der Waals surface area contributed by atoms with Crippen molar-refractivity contribution in [1.82, 2.24) is 25.4 Å². The predicted octanol–water partition coefficient (Wildman–Crippen LogP) is 3.29. The number of rotatable bonds is 4. The van der Waals surface area contributed by atoms with Crippen LogP contribution in [-0.2, 0) is 0 Å². The molecular formula is C19H22ClN5OS. The largest absolute Gasteiger partial charge is 0.345 e. The van der Waals surface area contributed by atoms with Crippen LogP contribution in [-0.4, -0.2) is 39.3 Å². The van der Waals surface area contributed by atoms with E-state index >= 15 is 0 Å². The molecular weight excluding hydrogens is 382 g/mol. The SMILES string of the molecule is CC1NCCCC1NC(=O)c1nc(-c2cccs2)n(-c2ccccc2)n1.Cl. The Bertz CT molecular complexity index is 881. The summed E-state index contributed by atoms with van der Waals surface area (Å²) in [5, 5.41) is 13.0. The highest BCUT2D eigenvalue weighted by Crippen LogP contribution is 2.25. The van der Waals surface area contributed by atoms with Gasteiger partial charge in [0.1, 0.15) is 0 Å². The minimum Gasteiger partial charge on any atom is -0.345 e. The maximum atomic E-state index is 12.8. The zero-order chi connectivity index (χ0) is 17.9. The van der Waals surface area contributed by atoms with Crippen LogP contribution < -0.4 is 10.6 Å². The van der Waals surface area contributed by atoms with Crippen LogP contribution in [0.1, 0.15) is 30.4 Å². The summed E-state index contributed by atoms with van der Waals surface area (Å²) in [4.78, 5) is 18.3. The monoisotopic (exact) mass is 403 g/mol. The van der Waals surface area contributed by atoms with E-state index in [1.807, 2.05) is 47.8 Å². The maximum Gasteiger partial charge on any atom is 0.291 e. The number of hydrogen-bond acceptors (Lipinski definition) is 5. The van der Waals surface area contributed by atoms with Crippen molar-refractivity contribution >= 4 is 29.7 Å². The van der Waals surface area contributed by atoms with E-state index in [9.17, 15) is 4.79 Å². The first kappa shape index (κ1) is 19.5. The molecule has 3 heterocycles. The quantitative estimate of drug-likeness (QED) is 0.701. The van der Waals surface area contributed by atoms with Crippen LogP contribution in [0.2, 0.25) is 0 Å². The summed E-state index contributed by atoms with van der Waals surface area (Å²) in [5.41, 5.74) is 0.884. The molecule has 6 nitrogen and oxygen atoms in total. The van der Waals surface area contributed by atoms with Gasteiger partial charge in [-0.2, -0.15) is 0 Å². The van der Waals surface area contributed by atoms with E-state index in [4.69, 9.17) is 0 Å². The minimum absolute atomic E-state index is 0. The molecule has 3 aromatic rings. The lowest BCUT2D eigenvalue weighted by Gasteiger charge is -2.30. The molecule has 1 fully saturated rings. The van der Waals surface area contributed by atoms with Crippen molar-refractivity contribution in [2.75, 3.05) is 6.54 Å². The third-order valence-corrected chi connectivity index (χ3v) is 5.50. The second-order valence-corrected chi connectivity index (χ2v) is 7.40. The van der Waals surface area contributed by atoms with Crippen molar-refractivity contribution in [3.8, 4) is 16.4 Å². The number of hydrogen-bond donors (Lipinski definition) is 2. The molecule has 0 saturated carbocycles. The average Bonchev–Trinajstić information content (AvgIpc) is 3.34. The third-order valence-electron chi connectivity index (χ3n) is 4.63. The number of benzene rings is 1. The van der Waals surface area contributed by atoms with Gasteiger partial charge in [-0.1, -0.05) is 24.3 Å². The predicted molar refractivity (Wildman–Crippen MR) is 110 cm³/mol. The molecule has 1 aliphatic heterocycles. The van der Waals surface area contributed by atoms with Gasteiger partial charge in [0.05, 0.1) is 10.6 Å². The summed E-state index contributed by atoms with van der Waals surface area (Å²) in [5.74, 6) is 0.666. The average molecular weight is 404 g/mol. The summed E-state index contributed by atoms with van der Waals surface area (Å²) in [7, 11) is 0. The van der Waals surface area contributed by atoms with E-state index in [2.05, 4.69) is 27.6 Å².